The average molecular weight is 255 g/mol. The Bertz CT molecular complexity index is 328. The summed E-state index contributed by atoms with van der Waals surface area (Å²) >= 11 is 0. The van der Waals surface area contributed by atoms with Crippen LogP contribution in [-0.4, -0.2) is 45.9 Å². The smallest absolute Gasteiger partial charge is 0.109 e. The fourth-order valence-electron chi connectivity index (χ4n) is 3.81. The van der Waals surface area contributed by atoms with Crippen molar-refractivity contribution >= 4 is 0 Å². The van der Waals surface area contributed by atoms with E-state index in [2.05, 4.69) is 53.4 Å². The van der Waals surface area contributed by atoms with Crippen molar-refractivity contribution in [3.05, 3.63) is 0 Å². The van der Waals surface area contributed by atoms with E-state index in [1.165, 1.54) is 0 Å². The highest BCUT2D eigenvalue weighted by atomic mass is 16.5. The molecule has 18 heavy (non-hydrogen) atoms. The zero-order valence-electron chi connectivity index (χ0n) is 12.9. The van der Waals surface area contributed by atoms with Gasteiger partial charge < -0.3 is 9.84 Å². The van der Waals surface area contributed by atoms with Crippen LogP contribution in [0.3, 0.4) is 0 Å². The third kappa shape index (κ3) is 2.21. The molecule has 0 aromatic carbocycles. The number of hydrogen-bond donors (Lipinski definition) is 1. The number of aliphatic hydroxyl groups excluding tert-OH is 1. The molecule has 2 rings (SSSR count). The monoisotopic (exact) mass is 255 g/mol. The molecule has 2 saturated heterocycles. The standard InChI is InChI=1S/C15H29NO2/c1-10-11-12(17)15(18-10,8-13(2,3)4)9-16(11)14(5,6)7/h10-12,17H,8-9H2,1-7H3/t10-,11-,12-,15-/m0/s1. The molecule has 3 nitrogen and oxygen atoms in total. The first-order chi connectivity index (χ1) is 7.96. The van der Waals surface area contributed by atoms with E-state index in [0.29, 0.717) is 0 Å². The van der Waals surface area contributed by atoms with E-state index in [1.807, 2.05) is 0 Å². The molecule has 0 spiro atoms. The zero-order valence-corrected chi connectivity index (χ0v) is 12.9. The minimum atomic E-state index is -0.365. The molecule has 2 bridgehead atoms. The molecule has 0 radical (unpaired) electrons. The van der Waals surface area contributed by atoms with Gasteiger partial charge >= 0.3 is 0 Å². The van der Waals surface area contributed by atoms with Crippen LogP contribution < -0.4 is 0 Å². The number of hydrogen-bond acceptors (Lipinski definition) is 3. The fraction of sp³-hybridized carbons (Fsp3) is 1.00. The highest BCUT2D eigenvalue weighted by Crippen LogP contribution is 2.49. The summed E-state index contributed by atoms with van der Waals surface area (Å²) < 4.78 is 6.17. The summed E-state index contributed by atoms with van der Waals surface area (Å²) in [6.07, 6.45) is 0.676. The van der Waals surface area contributed by atoms with E-state index in [0.717, 1.165) is 13.0 Å². The normalized spacial score (nSPS) is 41.7. The van der Waals surface area contributed by atoms with Gasteiger partial charge in [0.1, 0.15) is 11.7 Å². The van der Waals surface area contributed by atoms with Gasteiger partial charge in [0.25, 0.3) is 0 Å². The molecule has 2 aliphatic rings. The van der Waals surface area contributed by atoms with Crippen LogP contribution in [0.2, 0.25) is 0 Å². The van der Waals surface area contributed by atoms with Crippen LogP contribution in [-0.2, 0) is 4.74 Å². The third-order valence-electron chi connectivity index (χ3n) is 4.25. The van der Waals surface area contributed by atoms with Crippen molar-refractivity contribution in [2.75, 3.05) is 6.54 Å². The first-order valence-electron chi connectivity index (χ1n) is 7.09. The van der Waals surface area contributed by atoms with Crippen molar-refractivity contribution in [3.8, 4) is 0 Å². The summed E-state index contributed by atoms with van der Waals surface area (Å²) in [6.45, 7) is 16.3. The predicted octanol–water partition coefficient (Wildman–Crippen LogP) is 2.42. The van der Waals surface area contributed by atoms with Crippen molar-refractivity contribution in [2.45, 2.75) is 84.3 Å². The van der Waals surface area contributed by atoms with Crippen molar-refractivity contribution < 1.29 is 9.84 Å². The molecule has 1 N–H and O–H groups in total. The van der Waals surface area contributed by atoms with Crippen LogP contribution in [0.4, 0.5) is 0 Å². The number of fused-ring (bicyclic) bond motifs is 2. The van der Waals surface area contributed by atoms with Gasteiger partial charge in [-0.05, 0) is 39.5 Å². The Kier molecular flexibility index (Phi) is 3.13. The molecule has 3 heteroatoms. The molecule has 0 aliphatic carbocycles. The van der Waals surface area contributed by atoms with E-state index in [-0.39, 0.29) is 34.8 Å². The summed E-state index contributed by atoms with van der Waals surface area (Å²) in [5.74, 6) is 0. The molecular weight excluding hydrogens is 226 g/mol. The van der Waals surface area contributed by atoms with Crippen LogP contribution >= 0.6 is 0 Å². The average Bonchev–Trinajstić information content (AvgIpc) is 2.47. The van der Waals surface area contributed by atoms with E-state index in [9.17, 15) is 5.11 Å². The zero-order chi connectivity index (χ0) is 13.9. The van der Waals surface area contributed by atoms with Crippen LogP contribution in [0.25, 0.3) is 0 Å². The Hall–Kier alpha value is -0.120. The van der Waals surface area contributed by atoms with E-state index in [4.69, 9.17) is 4.74 Å². The maximum atomic E-state index is 10.7. The summed E-state index contributed by atoms with van der Waals surface area (Å²) in [7, 11) is 0. The molecular formula is C15H29NO2. The van der Waals surface area contributed by atoms with Crippen LogP contribution in [0.15, 0.2) is 0 Å². The van der Waals surface area contributed by atoms with Crippen molar-refractivity contribution in [2.24, 2.45) is 5.41 Å². The molecule has 2 heterocycles. The lowest BCUT2D eigenvalue weighted by Gasteiger charge is -2.44. The van der Waals surface area contributed by atoms with Crippen LogP contribution in [0.1, 0.15) is 54.9 Å². The second-order valence-corrected chi connectivity index (χ2v) is 8.36. The topological polar surface area (TPSA) is 32.7 Å². The fourth-order valence-corrected chi connectivity index (χ4v) is 3.81. The molecule has 0 aromatic rings. The van der Waals surface area contributed by atoms with E-state index >= 15 is 0 Å². The molecule has 0 saturated carbocycles. The van der Waals surface area contributed by atoms with Gasteiger partial charge in [0, 0.05) is 12.1 Å². The van der Waals surface area contributed by atoms with E-state index in [1.54, 1.807) is 0 Å². The Morgan fingerprint density at radius 3 is 2.17 bits per heavy atom. The molecule has 4 atom stereocenters. The highest BCUT2D eigenvalue weighted by Gasteiger charge is 2.63. The predicted molar refractivity (Wildman–Crippen MR) is 73.6 cm³/mol. The van der Waals surface area contributed by atoms with Crippen LogP contribution in [0, 0.1) is 5.41 Å². The molecule has 0 aromatic heterocycles. The minimum Gasteiger partial charge on any atom is -0.388 e. The van der Waals surface area contributed by atoms with E-state index < -0.39 is 0 Å². The van der Waals surface area contributed by atoms with Gasteiger partial charge in [-0.1, -0.05) is 20.8 Å². The summed E-state index contributed by atoms with van der Waals surface area (Å²) in [5.41, 5.74) is -0.109. The Balaban J connectivity index is 2.29. The minimum absolute atomic E-state index is 0.0866. The molecule has 2 aliphatic heterocycles. The largest absolute Gasteiger partial charge is 0.388 e. The lowest BCUT2D eigenvalue weighted by molar-refractivity contribution is -0.130. The Morgan fingerprint density at radius 1 is 1.22 bits per heavy atom. The first kappa shape index (κ1) is 14.3. The van der Waals surface area contributed by atoms with Gasteiger partial charge in [0.15, 0.2) is 0 Å². The Labute approximate surface area is 112 Å². The molecule has 0 amide bonds. The van der Waals surface area contributed by atoms with Gasteiger partial charge in [-0.3, -0.25) is 4.90 Å². The number of likely N-dealkylation sites (tertiary alicyclic amines) is 1. The lowest BCUT2D eigenvalue weighted by Crippen LogP contribution is -2.54. The van der Waals surface area contributed by atoms with Crippen molar-refractivity contribution in [1.29, 1.82) is 0 Å². The number of rotatable bonds is 1. The number of morpholine rings is 1. The highest BCUT2D eigenvalue weighted by molar-refractivity contribution is 5.16. The number of aliphatic hydroxyl groups is 1. The van der Waals surface area contributed by atoms with Crippen molar-refractivity contribution in [3.63, 3.8) is 0 Å². The molecule has 0 unspecified atom stereocenters. The first-order valence-corrected chi connectivity index (χ1v) is 7.09. The van der Waals surface area contributed by atoms with Gasteiger partial charge in [0.2, 0.25) is 0 Å². The quantitative estimate of drug-likeness (QED) is 0.781. The maximum absolute atomic E-state index is 10.7. The maximum Gasteiger partial charge on any atom is 0.109 e. The Morgan fingerprint density at radius 2 is 1.78 bits per heavy atom. The van der Waals surface area contributed by atoms with Gasteiger partial charge in [-0.2, -0.15) is 0 Å². The van der Waals surface area contributed by atoms with Gasteiger partial charge in [0.05, 0.1) is 12.1 Å². The van der Waals surface area contributed by atoms with Crippen LogP contribution in [0.5, 0.6) is 0 Å². The molecule has 106 valence electrons. The summed E-state index contributed by atoms with van der Waals surface area (Å²) in [5, 5.41) is 10.7. The summed E-state index contributed by atoms with van der Waals surface area (Å²) in [6, 6.07) is 0.146. The molecule has 2 fully saturated rings. The van der Waals surface area contributed by atoms with Gasteiger partial charge in [-0.15, -0.1) is 0 Å². The summed E-state index contributed by atoms with van der Waals surface area (Å²) in [4.78, 5) is 2.43. The number of nitrogens with zero attached hydrogens (tertiary/aromatic N) is 1. The van der Waals surface area contributed by atoms with Crippen molar-refractivity contribution in [1.82, 2.24) is 4.90 Å². The lowest BCUT2D eigenvalue weighted by atomic mass is 9.80. The number of ether oxygens (including phenoxy) is 1. The SMILES string of the molecule is C[C@@H]1O[C@@]2(CC(C)(C)C)CN(C(C)(C)C)[C@@H]1[C@@H]2O. The third-order valence-corrected chi connectivity index (χ3v) is 4.25. The second-order valence-electron chi connectivity index (χ2n) is 8.36. The van der Waals surface area contributed by atoms with Gasteiger partial charge in [-0.25, -0.2) is 0 Å². The second kappa shape index (κ2) is 3.94.